The zero-order valence-corrected chi connectivity index (χ0v) is 20.5. The molecule has 4 aliphatic rings. The quantitative estimate of drug-likeness (QED) is 0.487. The van der Waals surface area contributed by atoms with E-state index in [9.17, 15) is 9.59 Å². The number of pyridine rings is 1. The average Bonchev–Trinajstić information content (AvgIpc) is 3.16. The van der Waals surface area contributed by atoms with Crippen LogP contribution in [0.5, 0.6) is 0 Å². The second kappa shape index (κ2) is 7.16. The van der Waals surface area contributed by atoms with Crippen LogP contribution in [0.25, 0.3) is 21.0 Å². The highest BCUT2D eigenvalue weighted by Gasteiger charge is 2.60. The van der Waals surface area contributed by atoms with Gasteiger partial charge in [0.2, 0.25) is 0 Å². The second-order valence-corrected chi connectivity index (χ2v) is 12.8. The minimum absolute atomic E-state index is 0.00464. The monoisotopic (exact) mass is 464 g/mol. The van der Waals surface area contributed by atoms with Crippen LogP contribution < -0.4 is 10.9 Å². The Morgan fingerprint density at radius 1 is 1.12 bits per heavy atom. The number of hydrogen-bond acceptors (Lipinski definition) is 4. The van der Waals surface area contributed by atoms with Crippen molar-refractivity contribution in [1.29, 1.82) is 0 Å². The number of nitrogens with one attached hydrogen (secondary N) is 2. The highest BCUT2D eigenvalue weighted by Crippen LogP contribution is 2.67. The van der Waals surface area contributed by atoms with Crippen LogP contribution in [0.1, 0.15) is 67.6 Å². The molecule has 33 heavy (non-hydrogen) atoms. The Morgan fingerprint density at radius 3 is 2.61 bits per heavy atom. The summed E-state index contributed by atoms with van der Waals surface area (Å²) in [7, 11) is 0. The summed E-state index contributed by atoms with van der Waals surface area (Å²) in [5, 5.41) is 4.59. The summed E-state index contributed by atoms with van der Waals surface area (Å²) in [5.74, 6) is 0.658. The first-order valence-electron chi connectivity index (χ1n) is 12.1. The predicted molar refractivity (Wildman–Crippen MR) is 133 cm³/mol. The minimum atomic E-state index is -0.149. The van der Waals surface area contributed by atoms with Gasteiger partial charge >= 0.3 is 0 Å². The number of H-pyrrole nitrogens is 1. The topological polar surface area (TPSA) is 71.2 Å². The molecule has 4 fully saturated rings. The maximum atomic E-state index is 12.9. The Kier molecular flexibility index (Phi) is 4.63. The van der Waals surface area contributed by atoms with E-state index in [1.807, 2.05) is 19.1 Å². The number of aryl methyl sites for hydroxylation is 1. The third-order valence-electron chi connectivity index (χ3n) is 8.24. The van der Waals surface area contributed by atoms with Crippen molar-refractivity contribution >= 4 is 38.2 Å². The van der Waals surface area contributed by atoms with E-state index >= 15 is 0 Å². The molecule has 2 atom stereocenters. The van der Waals surface area contributed by atoms with Crippen molar-refractivity contribution in [2.24, 2.45) is 16.7 Å². The molecule has 7 rings (SSSR count). The van der Waals surface area contributed by atoms with Crippen LogP contribution in [0.3, 0.4) is 0 Å². The van der Waals surface area contributed by atoms with Gasteiger partial charge in [-0.1, -0.05) is 25.5 Å². The van der Waals surface area contributed by atoms with Gasteiger partial charge in [-0.15, -0.1) is 11.3 Å². The van der Waals surface area contributed by atoms with E-state index in [-0.39, 0.29) is 17.1 Å². The van der Waals surface area contributed by atoms with Gasteiger partial charge in [-0.2, -0.15) is 0 Å². The lowest BCUT2D eigenvalue weighted by atomic mass is 9.43. The molecule has 4 aliphatic carbocycles. The Bertz CT molecular complexity index is 1320. The van der Waals surface area contributed by atoms with E-state index in [4.69, 9.17) is 4.74 Å². The Hall–Kier alpha value is -2.18. The lowest BCUT2D eigenvalue weighted by molar-refractivity contribution is -0.213. The molecule has 1 amide bonds. The lowest BCUT2D eigenvalue weighted by Gasteiger charge is -2.65. The molecule has 1 aromatic carbocycles. The van der Waals surface area contributed by atoms with Gasteiger partial charge in [0.25, 0.3) is 11.5 Å². The predicted octanol–water partition coefficient (Wildman–Crippen LogP) is 5.55. The van der Waals surface area contributed by atoms with Gasteiger partial charge in [0.15, 0.2) is 0 Å². The van der Waals surface area contributed by atoms with Gasteiger partial charge in [-0.05, 0) is 80.4 Å². The molecule has 4 bridgehead atoms. The highest BCUT2D eigenvalue weighted by molar-refractivity contribution is 7.21. The van der Waals surface area contributed by atoms with Crippen LogP contribution in [-0.2, 0) is 4.74 Å². The van der Waals surface area contributed by atoms with E-state index in [1.54, 1.807) is 6.07 Å². The number of aromatic nitrogens is 1. The summed E-state index contributed by atoms with van der Waals surface area (Å²) in [5.41, 5.74) is 2.61. The number of ether oxygens (including phenoxy) is 1. The number of carbonyl (C=O) groups is 1. The van der Waals surface area contributed by atoms with E-state index in [0.29, 0.717) is 34.2 Å². The van der Waals surface area contributed by atoms with Crippen LogP contribution in [0.4, 0.5) is 0 Å². The van der Waals surface area contributed by atoms with E-state index in [0.717, 1.165) is 39.9 Å². The molecule has 0 aliphatic heterocycles. The third-order valence-corrected chi connectivity index (χ3v) is 9.41. The maximum absolute atomic E-state index is 12.9. The number of carbonyl (C=O) groups excluding carboxylic acids is 1. The fraction of sp³-hybridized carbons (Fsp3) is 0.556. The summed E-state index contributed by atoms with van der Waals surface area (Å²) in [6, 6.07) is 7.69. The van der Waals surface area contributed by atoms with Crippen LogP contribution in [0.2, 0.25) is 0 Å². The fourth-order valence-electron chi connectivity index (χ4n) is 8.04. The van der Waals surface area contributed by atoms with Crippen LogP contribution in [0.15, 0.2) is 29.1 Å². The standard InChI is InChI=1S/C27H32N2O3S/c1-16-4-5-20-18(8-16)22-19(23(30)29-20)9-21(33-22)24(31)28-6-7-32-27-12-17-10-25(2,14-27)13-26(3,11-17)15-27/h4-5,8-9,17H,6-7,10-15H2,1-3H3,(H,28,31)(H,29,30)/t17?,25-,26-,27?/m0/s1. The van der Waals surface area contributed by atoms with Gasteiger partial charge in [-0.25, -0.2) is 0 Å². The summed E-state index contributed by atoms with van der Waals surface area (Å²) < 4.78 is 7.41. The molecule has 0 radical (unpaired) electrons. The smallest absolute Gasteiger partial charge is 0.261 e. The number of rotatable bonds is 5. The van der Waals surface area contributed by atoms with Gasteiger partial charge in [0.05, 0.1) is 22.5 Å². The first kappa shape index (κ1) is 21.4. The second-order valence-electron chi connectivity index (χ2n) is 11.8. The minimum Gasteiger partial charge on any atom is -0.373 e. The van der Waals surface area contributed by atoms with Crippen molar-refractivity contribution < 1.29 is 9.53 Å². The number of thiophene rings is 1. The van der Waals surface area contributed by atoms with E-state index in [2.05, 4.69) is 30.2 Å². The van der Waals surface area contributed by atoms with Gasteiger partial charge in [0.1, 0.15) is 0 Å². The molecule has 0 unspecified atom stereocenters. The van der Waals surface area contributed by atoms with Gasteiger partial charge < -0.3 is 15.0 Å². The molecular formula is C27H32N2O3S. The molecular weight excluding hydrogens is 432 g/mol. The van der Waals surface area contributed by atoms with E-state index < -0.39 is 0 Å². The Morgan fingerprint density at radius 2 is 1.88 bits per heavy atom. The van der Waals surface area contributed by atoms with Crippen molar-refractivity contribution in [1.82, 2.24) is 10.3 Å². The molecule has 174 valence electrons. The van der Waals surface area contributed by atoms with Crippen LogP contribution in [0, 0.1) is 23.7 Å². The van der Waals surface area contributed by atoms with Crippen LogP contribution >= 0.6 is 11.3 Å². The van der Waals surface area contributed by atoms with Gasteiger partial charge in [0, 0.05) is 22.1 Å². The van der Waals surface area contributed by atoms with Crippen molar-refractivity contribution in [2.45, 2.75) is 64.9 Å². The normalized spacial score (nSPS) is 32.6. The molecule has 4 saturated carbocycles. The first-order chi connectivity index (χ1) is 15.6. The zero-order chi connectivity index (χ0) is 23.0. The Balaban J connectivity index is 1.15. The zero-order valence-electron chi connectivity index (χ0n) is 19.7. The third kappa shape index (κ3) is 3.62. The number of aromatic amines is 1. The largest absolute Gasteiger partial charge is 0.373 e. The van der Waals surface area contributed by atoms with E-state index in [1.165, 1.54) is 37.0 Å². The number of amides is 1. The lowest BCUT2D eigenvalue weighted by Crippen LogP contribution is -2.59. The van der Waals surface area contributed by atoms with Gasteiger partial charge in [-0.3, -0.25) is 9.59 Å². The maximum Gasteiger partial charge on any atom is 0.261 e. The SMILES string of the molecule is Cc1ccc2[nH]c(=O)c3cc(C(=O)NCCOC45CC6C[C@](C)(C4)C[C@](C)(C6)C5)sc3c2c1. The van der Waals surface area contributed by atoms with Crippen molar-refractivity contribution in [3.63, 3.8) is 0 Å². The van der Waals surface area contributed by atoms with Crippen molar-refractivity contribution in [2.75, 3.05) is 13.2 Å². The van der Waals surface area contributed by atoms with Crippen molar-refractivity contribution in [3.05, 3.63) is 45.1 Å². The molecule has 3 aromatic rings. The molecule has 5 nitrogen and oxygen atoms in total. The summed E-state index contributed by atoms with van der Waals surface area (Å²) >= 11 is 1.39. The molecule has 2 aromatic heterocycles. The summed E-state index contributed by atoms with van der Waals surface area (Å²) in [6.07, 6.45) is 7.53. The molecule has 2 N–H and O–H groups in total. The Labute approximate surface area is 197 Å². The number of fused-ring (bicyclic) bond motifs is 3. The molecule has 0 saturated heterocycles. The van der Waals surface area contributed by atoms with Crippen LogP contribution in [-0.4, -0.2) is 29.6 Å². The summed E-state index contributed by atoms with van der Waals surface area (Å²) in [4.78, 5) is 28.9. The number of benzene rings is 1. The average molecular weight is 465 g/mol. The molecule has 6 heteroatoms. The summed E-state index contributed by atoms with van der Waals surface area (Å²) in [6.45, 7) is 7.96. The van der Waals surface area contributed by atoms with Crippen molar-refractivity contribution in [3.8, 4) is 0 Å². The molecule has 2 heterocycles. The molecule has 0 spiro atoms. The highest BCUT2D eigenvalue weighted by atomic mass is 32.1. The fourth-order valence-corrected chi connectivity index (χ4v) is 9.14. The number of hydrogen-bond donors (Lipinski definition) is 2. The first-order valence-corrected chi connectivity index (χ1v) is 13.0.